The Hall–Kier alpha value is -2.41. The molecular formula is C25H24ClF5N4O2S. The zero-order chi connectivity index (χ0) is 27.5. The molecule has 5 rings (SSSR count). The fraction of sp³-hybridized carbons (Fsp3) is 0.440. The number of nitrogens with zero attached hydrogens (tertiary/aromatic N) is 3. The van der Waals surface area contributed by atoms with Crippen LogP contribution in [0.3, 0.4) is 0 Å². The van der Waals surface area contributed by atoms with Crippen molar-refractivity contribution < 1.29 is 26.7 Å². The summed E-state index contributed by atoms with van der Waals surface area (Å²) in [6.45, 7) is 4.76. The van der Waals surface area contributed by atoms with E-state index in [2.05, 4.69) is 10.3 Å². The lowest BCUT2D eigenvalue weighted by Gasteiger charge is -2.37. The van der Waals surface area contributed by atoms with E-state index in [-0.39, 0.29) is 46.0 Å². The van der Waals surface area contributed by atoms with Gasteiger partial charge in [-0.15, -0.1) is 11.8 Å². The molecule has 1 aromatic heterocycles. The van der Waals surface area contributed by atoms with Crippen LogP contribution >= 0.6 is 23.4 Å². The lowest BCUT2D eigenvalue weighted by molar-refractivity contribution is -0.137. The van der Waals surface area contributed by atoms with Crippen LogP contribution in [-0.2, 0) is 17.5 Å². The number of halogens is 6. The van der Waals surface area contributed by atoms with Crippen molar-refractivity contribution in [2.24, 2.45) is 0 Å². The number of aromatic nitrogens is 2. The number of hydrogen-bond acceptors (Lipinski definition) is 6. The molecule has 38 heavy (non-hydrogen) atoms. The molecule has 0 spiro atoms. The number of methoxy groups -OCH3 is 1. The van der Waals surface area contributed by atoms with Crippen LogP contribution in [0.4, 0.5) is 27.8 Å². The fourth-order valence-corrected chi connectivity index (χ4v) is 6.70. The Morgan fingerprint density at radius 3 is 2.42 bits per heavy atom. The minimum Gasteiger partial charge on any atom is -0.379 e. The van der Waals surface area contributed by atoms with Crippen LogP contribution in [-0.4, -0.2) is 53.7 Å². The van der Waals surface area contributed by atoms with Crippen LogP contribution < -0.4 is 15.9 Å². The molecule has 0 radical (unpaired) electrons. The van der Waals surface area contributed by atoms with E-state index < -0.39 is 51.3 Å². The Morgan fingerprint density at radius 1 is 1.11 bits per heavy atom. The van der Waals surface area contributed by atoms with E-state index in [0.717, 1.165) is 23.9 Å². The summed E-state index contributed by atoms with van der Waals surface area (Å²) in [6.07, 6.45) is -5.44. The molecule has 0 amide bonds. The van der Waals surface area contributed by atoms with Crippen molar-refractivity contribution in [1.82, 2.24) is 14.9 Å². The molecule has 2 aromatic carbocycles. The van der Waals surface area contributed by atoms with E-state index in [1.165, 1.54) is 11.7 Å². The second-order valence-electron chi connectivity index (χ2n) is 9.64. The van der Waals surface area contributed by atoms with Crippen molar-refractivity contribution in [2.75, 3.05) is 30.9 Å². The number of hydrogen-bond donors (Lipinski definition) is 1. The highest BCUT2D eigenvalue weighted by Gasteiger charge is 2.39. The van der Waals surface area contributed by atoms with Gasteiger partial charge in [-0.2, -0.15) is 18.2 Å². The molecule has 2 aliphatic heterocycles. The fourth-order valence-electron chi connectivity index (χ4n) is 5.22. The summed E-state index contributed by atoms with van der Waals surface area (Å²) in [5.41, 5.74) is -2.59. The van der Waals surface area contributed by atoms with Crippen molar-refractivity contribution in [3.8, 4) is 11.1 Å². The first-order valence-corrected chi connectivity index (χ1v) is 13.3. The van der Waals surface area contributed by atoms with Gasteiger partial charge in [0.25, 0.3) is 0 Å². The third-order valence-corrected chi connectivity index (χ3v) is 8.29. The highest BCUT2D eigenvalue weighted by Crippen LogP contribution is 2.49. The number of alkyl halides is 3. The van der Waals surface area contributed by atoms with Gasteiger partial charge in [-0.25, -0.2) is 13.6 Å². The Morgan fingerprint density at radius 2 is 1.79 bits per heavy atom. The van der Waals surface area contributed by atoms with Crippen LogP contribution in [0.1, 0.15) is 19.4 Å². The first kappa shape index (κ1) is 27.2. The Balaban J connectivity index is 1.92. The highest BCUT2D eigenvalue weighted by molar-refractivity contribution is 7.99. The number of thioether (sulfide) groups is 1. The molecule has 204 valence electrons. The average molecular weight is 575 g/mol. The van der Waals surface area contributed by atoms with E-state index in [4.69, 9.17) is 16.3 Å². The largest absolute Gasteiger partial charge is 0.417 e. The molecule has 0 unspecified atom stereocenters. The highest BCUT2D eigenvalue weighted by atomic mass is 35.5. The second-order valence-corrected chi connectivity index (χ2v) is 11.1. The predicted octanol–water partition coefficient (Wildman–Crippen LogP) is 5.32. The molecule has 3 aromatic rings. The first-order chi connectivity index (χ1) is 17.9. The normalized spacial score (nSPS) is 22.1. The SMILES string of the molecule is CO[C@H]1CSc2c(-c3cc(Cl)c(F)cc3F)c(C(F)(F)F)cc3c(N4C[C@@H](C)N[C@@H](C)C4)nc(=O)n(c23)C1. The molecule has 6 nitrogen and oxygen atoms in total. The van der Waals surface area contributed by atoms with Crippen molar-refractivity contribution in [1.29, 1.82) is 0 Å². The van der Waals surface area contributed by atoms with Gasteiger partial charge in [0.1, 0.15) is 17.5 Å². The molecular weight excluding hydrogens is 551 g/mol. The zero-order valence-corrected chi connectivity index (χ0v) is 22.2. The van der Waals surface area contributed by atoms with Crippen molar-refractivity contribution in [2.45, 2.75) is 49.7 Å². The molecule has 3 heterocycles. The van der Waals surface area contributed by atoms with Gasteiger partial charge in [0, 0.05) is 65.5 Å². The summed E-state index contributed by atoms with van der Waals surface area (Å²) < 4.78 is 79.8. The van der Waals surface area contributed by atoms with Gasteiger partial charge in [0.2, 0.25) is 0 Å². The van der Waals surface area contributed by atoms with Crippen molar-refractivity contribution in [3.05, 3.63) is 50.9 Å². The van der Waals surface area contributed by atoms with Gasteiger partial charge in [0.15, 0.2) is 0 Å². The predicted molar refractivity (Wildman–Crippen MR) is 137 cm³/mol. The van der Waals surface area contributed by atoms with Crippen molar-refractivity contribution >= 4 is 40.1 Å². The van der Waals surface area contributed by atoms with E-state index in [1.54, 1.807) is 4.90 Å². The molecule has 1 saturated heterocycles. The smallest absolute Gasteiger partial charge is 0.379 e. The van der Waals surface area contributed by atoms with E-state index in [9.17, 15) is 22.4 Å². The second kappa shape index (κ2) is 9.96. The molecule has 1 fully saturated rings. The third-order valence-electron chi connectivity index (χ3n) is 6.77. The quantitative estimate of drug-likeness (QED) is 0.338. The van der Waals surface area contributed by atoms with E-state index >= 15 is 4.39 Å². The Kier molecular flexibility index (Phi) is 7.12. The first-order valence-electron chi connectivity index (χ1n) is 11.9. The minimum absolute atomic E-state index is 0.00255. The Bertz CT molecular complexity index is 1470. The molecule has 0 aliphatic carbocycles. The zero-order valence-electron chi connectivity index (χ0n) is 20.6. The summed E-state index contributed by atoms with van der Waals surface area (Å²) in [6, 6.07) is 2.22. The maximum absolute atomic E-state index is 15.1. The number of benzene rings is 2. The summed E-state index contributed by atoms with van der Waals surface area (Å²) in [4.78, 5) is 19.4. The third kappa shape index (κ3) is 4.76. The van der Waals surface area contributed by atoms with E-state index in [0.29, 0.717) is 19.2 Å². The summed E-state index contributed by atoms with van der Waals surface area (Å²) in [7, 11) is 1.44. The number of rotatable bonds is 3. The van der Waals surface area contributed by atoms with Gasteiger partial charge in [-0.3, -0.25) is 4.57 Å². The number of ether oxygens (including phenoxy) is 1. The maximum atomic E-state index is 15.1. The van der Waals surface area contributed by atoms with Crippen LogP contribution in [0.25, 0.3) is 22.0 Å². The van der Waals surface area contributed by atoms with Gasteiger partial charge in [-0.05, 0) is 26.0 Å². The molecule has 1 N–H and O–H groups in total. The average Bonchev–Trinajstić information content (AvgIpc) is 3.03. The van der Waals surface area contributed by atoms with Crippen LogP contribution in [0.2, 0.25) is 5.02 Å². The Labute approximate surface area is 224 Å². The molecule has 13 heteroatoms. The monoisotopic (exact) mass is 574 g/mol. The molecule has 0 saturated carbocycles. The maximum Gasteiger partial charge on any atom is 0.417 e. The topological polar surface area (TPSA) is 59.4 Å². The van der Waals surface area contributed by atoms with Crippen LogP contribution in [0.5, 0.6) is 0 Å². The standard InChI is InChI=1S/C25H24ClF5N4O2S/c1-11-7-34(8-12(2)32-11)23-15-4-16(25(29,30)31)20(14-5-17(26)19(28)6-18(14)27)22-21(15)35(24(36)33-23)9-13(37-3)10-38-22/h4-6,11-13,32H,7-10H2,1-3H3/t11-,12+,13-/m1/s1. The van der Waals surface area contributed by atoms with Crippen LogP contribution in [0, 0.1) is 11.6 Å². The number of anilines is 1. The van der Waals surface area contributed by atoms with Gasteiger partial charge in [0.05, 0.1) is 28.8 Å². The van der Waals surface area contributed by atoms with Crippen molar-refractivity contribution in [3.63, 3.8) is 0 Å². The van der Waals surface area contributed by atoms with Gasteiger partial charge >= 0.3 is 11.9 Å². The van der Waals surface area contributed by atoms with Crippen LogP contribution in [0.15, 0.2) is 27.9 Å². The number of piperazine rings is 1. The molecule has 0 bridgehead atoms. The minimum atomic E-state index is -4.91. The lowest BCUT2D eigenvalue weighted by Crippen LogP contribution is -2.55. The molecule has 2 aliphatic rings. The summed E-state index contributed by atoms with van der Waals surface area (Å²) in [5.74, 6) is -1.97. The number of nitrogens with one attached hydrogen (secondary N) is 1. The molecule has 3 atom stereocenters. The van der Waals surface area contributed by atoms with Gasteiger partial charge in [-0.1, -0.05) is 11.6 Å². The summed E-state index contributed by atoms with van der Waals surface area (Å²) >= 11 is 6.91. The van der Waals surface area contributed by atoms with E-state index in [1.807, 2.05) is 13.8 Å². The lowest BCUT2D eigenvalue weighted by atomic mass is 9.95. The summed E-state index contributed by atoms with van der Waals surface area (Å²) in [5, 5.41) is 2.95. The van der Waals surface area contributed by atoms with Gasteiger partial charge < -0.3 is 15.0 Å².